The molecule has 1 aliphatic rings. The van der Waals surface area contributed by atoms with E-state index in [9.17, 15) is 5.11 Å². The number of aliphatic hydroxyl groups is 1. The summed E-state index contributed by atoms with van der Waals surface area (Å²) in [5, 5.41) is 22.1. The van der Waals surface area contributed by atoms with E-state index in [-0.39, 0.29) is 6.04 Å². The number of para-hydroxylation sites is 1. The zero-order chi connectivity index (χ0) is 26.9. The second kappa shape index (κ2) is 10.7. The van der Waals surface area contributed by atoms with Crippen molar-refractivity contribution in [1.82, 2.24) is 34.6 Å². The van der Waals surface area contributed by atoms with E-state index in [1.54, 1.807) is 13.8 Å². The van der Waals surface area contributed by atoms with Gasteiger partial charge in [0.2, 0.25) is 5.95 Å². The van der Waals surface area contributed by atoms with E-state index in [1.807, 2.05) is 41.5 Å². The molecule has 1 aromatic carbocycles. The molecule has 4 heterocycles. The van der Waals surface area contributed by atoms with E-state index in [1.165, 1.54) is 0 Å². The minimum atomic E-state index is -1.00. The topological polar surface area (TPSA) is 109 Å². The molecule has 4 aromatic rings. The largest absolute Gasteiger partial charge is 0.384 e. The Bertz CT molecular complexity index is 1380. The Kier molecular flexibility index (Phi) is 7.36. The van der Waals surface area contributed by atoms with Crippen molar-refractivity contribution in [3.8, 4) is 5.69 Å². The lowest BCUT2D eigenvalue weighted by Gasteiger charge is -2.32. The summed E-state index contributed by atoms with van der Waals surface area (Å²) in [6.45, 7) is 13.3. The predicted molar refractivity (Wildman–Crippen MR) is 151 cm³/mol. The van der Waals surface area contributed by atoms with Gasteiger partial charge >= 0.3 is 0 Å². The van der Waals surface area contributed by atoms with Gasteiger partial charge in [-0.2, -0.15) is 15.1 Å². The fourth-order valence-corrected chi connectivity index (χ4v) is 4.97. The number of imidazole rings is 1. The van der Waals surface area contributed by atoms with Gasteiger partial charge in [0.05, 0.1) is 17.7 Å². The number of anilines is 2. The summed E-state index contributed by atoms with van der Waals surface area (Å²) in [4.78, 5) is 16.9. The zero-order valence-corrected chi connectivity index (χ0v) is 23.0. The van der Waals surface area contributed by atoms with Gasteiger partial charge in [-0.05, 0) is 64.8 Å². The molecule has 38 heavy (non-hydrogen) atoms. The van der Waals surface area contributed by atoms with Crippen LogP contribution in [0.4, 0.5) is 11.8 Å². The standard InChI is InChI=1S/C28H39N9O/c1-6-29-21-11-14-35(15-12-21)27-32-25(24-26(33-27)36(18-31-24)19(2)3)30-17-20-9-7-8-10-22(20)37-16-13-23(34-37)28(4,5)38/h7-10,13,16,18-19,21,29,38H,6,11-12,14-15,17H2,1-5H3,(H,30,32,33). The lowest BCUT2D eigenvalue weighted by atomic mass is 10.1. The van der Waals surface area contributed by atoms with Gasteiger partial charge in [0.15, 0.2) is 17.0 Å². The number of piperidine rings is 1. The van der Waals surface area contributed by atoms with Gasteiger partial charge in [-0.1, -0.05) is 25.1 Å². The Morgan fingerprint density at radius 1 is 1.11 bits per heavy atom. The summed E-state index contributed by atoms with van der Waals surface area (Å²) in [6.07, 6.45) is 5.89. The average molecular weight is 518 g/mol. The molecular weight excluding hydrogens is 478 g/mol. The maximum absolute atomic E-state index is 10.4. The van der Waals surface area contributed by atoms with Crippen molar-refractivity contribution >= 4 is 22.9 Å². The van der Waals surface area contributed by atoms with E-state index in [4.69, 9.17) is 9.97 Å². The fraction of sp³-hybridized carbons (Fsp3) is 0.500. The van der Waals surface area contributed by atoms with Crippen LogP contribution >= 0.6 is 0 Å². The lowest BCUT2D eigenvalue weighted by Crippen LogP contribution is -2.43. The molecule has 0 saturated carbocycles. The predicted octanol–water partition coefficient (Wildman–Crippen LogP) is 4.01. The molecule has 5 rings (SSSR count). The molecule has 10 heteroatoms. The molecule has 0 radical (unpaired) electrons. The highest BCUT2D eigenvalue weighted by atomic mass is 16.3. The highest BCUT2D eigenvalue weighted by molar-refractivity contribution is 5.84. The molecule has 0 bridgehead atoms. The smallest absolute Gasteiger partial charge is 0.229 e. The molecule has 0 atom stereocenters. The van der Waals surface area contributed by atoms with Crippen LogP contribution in [0.15, 0.2) is 42.9 Å². The maximum Gasteiger partial charge on any atom is 0.229 e. The van der Waals surface area contributed by atoms with Crippen LogP contribution in [0.3, 0.4) is 0 Å². The Labute approximate surface area is 224 Å². The van der Waals surface area contributed by atoms with Crippen molar-refractivity contribution < 1.29 is 5.11 Å². The van der Waals surface area contributed by atoms with Crippen LogP contribution in [0.25, 0.3) is 16.9 Å². The Morgan fingerprint density at radius 2 is 1.87 bits per heavy atom. The van der Waals surface area contributed by atoms with Crippen LogP contribution < -0.4 is 15.5 Å². The minimum absolute atomic E-state index is 0.237. The van der Waals surface area contributed by atoms with E-state index < -0.39 is 5.60 Å². The fourth-order valence-electron chi connectivity index (χ4n) is 4.97. The second-order valence-corrected chi connectivity index (χ2v) is 10.8. The molecule has 1 saturated heterocycles. The first-order valence-electron chi connectivity index (χ1n) is 13.6. The van der Waals surface area contributed by atoms with E-state index in [0.29, 0.717) is 18.3 Å². The Balaban J connectivity index is 1.44. The first kappa shape index (κ1) is 26.1. The quantitative estimate of drug-likeness (QED) is 0.306. The van der Waals surface area contributed by atoms with Gasteiger partial charge in [-0.3, -0.25) is 0 Å². The summed E-state index contributed by atoms with van der Waals surface area (Å²) in [6, 6.07) is 10.8. The average Bonchev–Trinajstić information content (AvgIpc) is 3.56. The molecule has 202 valence electrons. The number of hydrogen-bond acceptors (Lipinski definition) is 8. The molecule has 1 fully saturated rings. The van der Waals surface area contributed by atoms with Crippen molar-refractivity contribution in [1.29, 1.82) is 0 Å². The highest BCUT2D eigenvalue weighted by Gasteiger charge is 2.24. The van der Waals surface area contributed by atoms with Gasteiger partial charge in [0.1, 0.15) is 5.60 Å². The highest BCUT2D eigenvalue weighted by Crippen LogP contribution is 2.27. The van der Waals surface area contributed by atoms with Crippen LogP contribution in [-0.4, -0.2) is 60.1 Å². The summed E-state index contributed by atoms with van der Waals surface area (Å²) in [5.74, 6) is 1.47. The van der Waals surface area contributed by atoms with Crippen LogP contribution in [0.2, 0.25) is 0 Å². The Morgan fingerprint density at radius 3 is 2.55 bits per heavy atom. The second-order valence-electron chi connectivity index (χ2n) is 10.8. The van der Waals surface area contributed by atoms with Crippen molar-refractivity contribution in [2.75, 3.05) is 29.9 Å². The molecular formula is C28H39N9O. The summed E-state index contributed by atoms with van der Waals surface area (Å²) >= 11 is 0. The molecule has 0 spiro atoms. The van der Waals surface area contributed by atoms with Gasteiger partial charge in [-0.25, -0.2) is 9.67 Å². The molecule has 3 N–H and O–H groups in total. The molecule has 0 amide bonds. The molecule has 1 aliphatic heterocycles. The Hall–Kier alpha value is -3.50. The van der Waals surface area contributed by atoms with Crippen molar-refractivity contribution in [3.05, 3.63) is 54.1 Å². The van der Waals surface area contributed by atoms with Gasteiger partial charge in [-0.15, -0.1) is 0 Å². The SMILES string of the molecule is CCNC1CCN(c2nc(NCc3ccccc3-n3ccc(C(C)(C)O)n3)c3ncn(C(C)C)c3n2)CC1. The molecule has 0 unspecified atom stereocenters. The third-order valence-corrected chi connectivity index (χ3v) is 7.14. The monoisotopic (exact) mass is 517 g/mol. The van der Waals surface area contributed by atoms with Crippen LogP contribution in [0.1, 0.15) is 64.8 Å². The zero-order valence-electron chi connectivity index (χ0n) is 23.0. The van der Waals surface area contributed by atoms with Crippen molar-refractivity contribution in [2.24, 2.45) is 0 Å². The third kappa shape index (κ3) is 5.37. The first-order valence-corrected chi connectivity index (χ1v) is 13.6. The van der Waals surface area contributed by atoms with Crippen molar-refractivity contribution in [2.45, 2.75) is 71.7 Å². The molecule has 10 nitrogen and oxygen atoms in total. The summed E-state index contributed by atoms with van der Waals surface area (Å²) in [7, 11) is 0. The summed E-state index contributed by atoms with van der Waals surface area (Å²) in [5.41, 5.74) is 3.24. The van der Waals surface area contributed by atoms with Crippen molar-refractivity contribution in [3.63, 3.8) is 0 Å². The van der Waals surface area contributed by atoms with Gasteiger partial charge < -0.3 is 25.2 Å². The third-order valence-electron chi connectivity index (χ3n) is 7.14. The van der Waals surface area contributed by atoms with Crippen LogP contribution in [0.5, 0.6) is 0 Å². The number of nitrogens with one attached hydrogen (secondary N) is 2. The number of fused-ring (bicyclic) bond motifs is 1. The molecule has 0 aliphatic carbocycles. The minimum Gasteiger partial charge on any atom is -0.384 e. The number of nitrogens with zero attached hydrogens (tertiary/aromatic N) is 7. The first-order chi connectivity index (χ1) is 18.2. The van der Waals surface area contributed by atoms with E-state index in [0.717, 1.165) is 66.7 Å². The number of hydrogen-bond donors (Lipinski definition) is 3. The molecule has 3 aromatic heterocycles. The normalized spacial score (nSPS) is 15.1. The van der Waals surface area contributed by atoms with E-state index in [2.05, 4.69) is 57.0 Å². The van der Waals surface area contributed by atoms with Crippen LogP contribution in [-0.2, 0) is 12.1 Å². The van der Waals surface area contributed by atoms with Gasteiger partial charge in [0.25, 0.3) is 0 Å². The summed E-state index contributed by atoms with van der Waals surface area (Å²) < 4.78 is 3.92. The number of rotatable bonds is 9. The lowest BCUT2D eigenvalue weighted by molar-refractivity contribution is 0.0734. The van der Waals surface area contributed by atoms with E-state index >= 15 is 0 Å². The number of benzene rings is 1. The van der Waals surface area contributed by atoms with Crippen LogP contribution in [0, 0.1) is 0 Å². The maximum atomic E-state index is 10.4. The number of aromatic nitrogens is 6. The van der Waals surface area contributed by atoms with Gasteiger partial charge in [0, 0.05) is 37.9 Å².